The van der Waals surface area contributed by atoms with Crippen LogP contribution < -0.4 is 5.73 Å². The first kappa shape index (κ1) is 10.2. The molecule has 0 heterocycles. The maximum atomic E-state index is 13.2. The first-order chi connectivity index (χ1) is 6.02. The SMILES string of the molecule is C[C](C(N)=O)c1ccc(Br)cc1F. The minimum atomic E-state index is -0.610. The highest BCUT2D eigenvalue weighted by atomic mass is 79.9. The van der Waals surface area contributed by atoms with Crippen LogP contribution in [0, 0.1) is 11.7 Å². The van der Waals surface area contributed by atoms with Crippen molar-refractivity contribution in [2.45, 2.75) is 6.92 Å². The molecule has 4 heteroatoms. The molecule has 69 valence electrons. The molecule has 0 aliphatic carbocycles. The topological polar surface area (TPSA) is 43.1 Å². The van der Waals surface area contributed by atoms with Crippen molar-refractivity contribution in [2.24, 2.45) is 5.73 Å². The molecule has 1 amide bonds. The van der Waals surface area contributed by atoms with Crippen LogP contribution in [0.25, 0.3) is 0 Å². The first-order valence-corrected chi connectivity index (χ1v) is 4.40. The van der Waals surface area contributed by atoms with E-state index in [1.54, 1.807) is 6.07 Å². The minimum Gasteiger partial charge on any atom is -0.369 e. The lowest BCUT2D eigenvalue weighted by atomic mass is 10.0. The van der Waals surface area contributed by atoms with E-state index in [-0.39, 0.29) is 11.5 Å². The van der Waals surface area contributed by atoms with Crippen LogP contribution in [0.2, 0.25) is 0 Å². The Hall–Kier alpha value is -0.900. The van der Waals surface area contributed by atoms with E-state index in [1.807, 2.05) is 0 Å². The summed E-state index contributed by atoms with van der Waals surface area (Å²) in [6.45, 7) is 1.49. The predicted octanol–water partition coefficient (Wildman–Crippen LogP) is 2.02. The third-order valence-corrected chi connectivity index (χ3v) is 2.20. The Labute approximate surface area is 84.1 Å². The first-order valence-electron chi connectivity index (χ1n) is 3.61. The van der Waals surface area contributed by atoms with Crippen molar-refractivity contribution < 1.29 is 9.18 Å². The molecule has 0 fully saturated rings. The lowest BCUT2D eigenvalue weighted by molar-refractivity contribution is -0.115. The molecular formula is C9H8BrFNO. The highest BCUT2D eigenvalue weighted by Gasteiger charge is 2.16. The number of amides is 1. The van der Waals surface area contributed by atoms with E-state index >= 15 is 0 Å². The van der Waals surface area contributed by atoms with Crippen molar-refractivity contribution in [1.29, 1.82) is 0 Å². The molecule has 0 spiro atoms. The third kappa shape index (κ3) is 2.28. The summed E-state index contributed by atoms with van der Waals surface area (Å²) < 4.78 is 13.8. The maximum absolute atomic E-state index is 13.2. The molecule has 2 nitrogen and oxygen atoms in total. The smallest absolute Gasteiger partial charge is 0.229 e. The van der Waals surface area contributed by atoms with Gasteiger partial charge in [0, 0.05) is 10.0 Å². The number of nitrogens with two attached hydrogens (primary N) is 1. The van der Waals surface area contributed by atoms with Gasteiger partial charge in [0.05, 0.1) is 5.92 Å². The van der Waals surface area contributed by atoms with Crippen LogP contribution in [-0.4, -0.2) is 5.91 Å². The van der Waals surface area contributed by atoms with E-state index in [2.05, 4.69) is 15.9 Å². The highest BCUT2D eigenvalue weighted by Crippen LogP contribution is 2.21. The maximum Gasteiger partial charge on any atom is 0.229 e. The van der Waals surface area contributed by atoms with Crippen molar-refractivity contribution in [3.63, 3.8) is 0 Å². The predicted molar refractivity (Wildman–Crippen MR) is 51.3 cm³/mol. The number of halogens is 2. The van der Waals surface area contributed by atoms with Gasteiger partial charge in [0.1, 0.15) is 5.82 Å². The van der Waals surface area contributed by atoms with Crippen LogP contribution in [0.1, 0.15) is 12.5 Å². The fourth-order valence-electron chi connectivity index (χ4n) is 0.926. The van der Waals surface area contributed by atoms with Gasteiger partial charge in [0.15, 0.2) is 0 Å². The molecule has 0 bridgehead atoms. The molecule has 0 aromatic heterocycles. The van der Waals surface area contributed by atoms with Crippen molar-refractivity contribution in [2.75, 3.05) is 0 Å². The Kier molecular flexibility index (Phi) is 3.03. The van der Waals surface area contributed by atoms with Crippen molar-refractivity contribution in [3.05, 3.63) is 40.0 Å². The van der Waals surface area contributed by atoms with Crippen molar-refractivity contribution in [3.8, 4) is 0 Å². The quantitative estimate of drug-likeness (QED) is 0.850. The summed E-state index contributed by atoms with van der Waals surface area (Å²) in [5, 5.41) is 0. The summed E-state index contributed by atoms with van der Waals surface area (Å²) in [5.41, 5.74) is 5.27. The zero-order valence-electron chi connectivity index (χ0n) is 6.97. The molecule has 0 aliphatic rings. The molecule has 13 heavy (non-hydrogen) atoms. The van der Waals surface area contributed by atoms with Gasteiger partial charge in [-0.25, -0.2) is 4.39 Å². The summed E-state index contributed by atoms with van der Waals surface area (Å²) in [6, 6.07) is 4.46. The van der Waals surface area contributed by atoms with Crippen LogP contribution in [0.3, 0.4) is 0 Å². The van der Waals surface area contributed by atoms with E-state index in [9.17, 15) is 9.18 Å². The van der Waals surface area contributed by atoms with Crippen LogP contribution in [0.4, 0.5) is 4.39 Å². The number of rotatable bonds is 2. The van der Waals surface area contributed by atoms with Gasteiger partial charge in [-0.05, 0) is 19.1 Å². The molecule has 0 saturated carbocycles. The van der Waals surface area contributed by atoms with Crippen LogP contribution >= 0.6 is 15.9 Å². The number of hydrogen-bond donors (Lipinski definition) is 1. The molecule has 1 rings (SSSR count). The summed E-state index contributed by atoms with van der Waals surface area (Å²) in [5.74, 6) is -0.836. The lowest BCUT2D eigenvalue weighted by Crippen LogP contribution is -2.20. The van der Waals surface area contributed by atoms with Gasteiger partial charge in [-0.2, -0.15) is 0 Å². The van der Waals surface area contributed by atoms with Crippen LogP contribution in [0.15, 0.2) is 22.7 Å². The van der Waals surface area contributed by atoms with Gasteiger partial charge in [0.2, 0.25) is 5.91 Å². The molecular weight excluding hydrogens is 237 g/mol. The van der Waals surface area contributed by atoms with Gasteiger partial charge >= 0.3 is 0 Å². The highest BCUT2D eigenvalue weighted by molar-refractivity contribution is 9.10. The fourth-order valence-corrected chi connectivity index (χ4v) is 1.26. The Balaban J connectivity index is 3.08. The molecule has 0 unspecified atom stereocenters. The average molecular weight is 245 g/mol. The Morgan fingerprint density at radius 2 is 2.15 bits per heavy atom. The summed E-state index contributed by atoms with van der Waals surface area (Å²) in [6.07, 6.45) is 0. The molecule has 0 saturated heterocycles. The summed E-state index contributed by atoms with van der Waals surface area (Å²) >= 11 is 3.12. The van der Waals surface area contributed by atoms with Gasteiger partial charge in [-0.1, -0.05) is 22.0 Å². The Morgan fingerprint density at radius 1 is 1.54 bits per heavy atom. The van der Waals surface area contributed by atoms with E-state index < -0.39 is 11.7 Å². The number of primary amides is 1. The average Bonchev–Trinajstić information content (AvgIpc) is 2.03. The second-order valence-electron chi connectivity index (χ2n) is 2.61. The Bertz CT molecular complexity index is 340. The second-order valence-corrected chi connectivity index (χ2v) is 3.53. The second kappa shape index (κ2) is 3.87. The number of hydrogen-bond acceptors (Lipinski definition) is 1. The fraction of sp³-hybridized carbons (Fsp3) is 0.111. The summed E-state index contributed by atoms with van der Waals surface area (Å²) in [4.78, 5) is 10.7. The van der Waals surface area contributed by atoms with Gasteiger partial charge in [-0.15, -0.1) is 0 Å². The monoisotopic (exact) mass is 244 g/mol. The van der Waals surface area contributed by atoms with Crippen molar-refractivity contribution >= 4 is 21.8 Å². The molecule has 1 aromatic rings. The van der Waals surface area contributed by atoms with Gasteiger partial charge in [0.25, 0.3) is 0 Å². The molecule has 1 radical (unpaired) electrons. The molecule has 0 atom stereocenters. The van der Waals surface area contributed by atoms with Crippen molar-refractivity contribution in [1.82, 2.24) is 0 Å². The molecule has 0 aliphatic heterocycles. The van der Waals surface area contributed by atoms with Crippen LogP contribution in [0.5, 0.6) is 0 Å². The zero-order valence-corrected chi connectivity index (χ0v) is 8.56. The van der Waals surface area contributed by atoms with E-state index in [0.29, 0.717) is 4.47 Å². The number of carbonyl (C=O) groups is 1. The normalized spacial score (nSPS) is 10.5. The zero-order chi connectivity index (χ0) is 10.0. The Morgan fingerprint density at radius 3 is 2.62 bits per heavy atom. The standard InChI is InChI=1S/C9H8BrFNO/c1-5(9(12)13)7-3-2-6(10)4-8(7)11/h2-4H,1H3,(H2,12,13). The largest absolute Gasteiger partial charge is 0.369 e. The third-order valence-electron chi connectivity index (χ3n) is 1.70. The number of benzene rings is 1. The van der Waals surface area contributed by atoms with Gasteiger partial charge in [-0.3, -0.25) is 4.79 Å². The lowest BCUT2D eigenvalue weighted by Gasteiger charge is -2.07. The molecule has 2 N–H and O–H groups in total. The number of carbonyl (C=O) groups excluding carboxylic acids is 1. The van der Waals surface area contributed by atoms with E-state index in [0.717, 1.165) is 0 Å². The molecule has 1 aromatic carbocycles. The van der Waals surface area contributed by atoms with E-state index in [4.69, 9.17) is 5.73 Å². The summed E-state index contributed by atoms with van der Waals surface area (Å²) in [7, 11) is 0. The minimum absolute atomic E-state index is 0.227. The van der Waals surface area contributed by atoms with E-state index in [1.165, 1.54) is 19.1 Å². The van der Waals surface area contributed by atoms with Crippen LogP contribution in [-0.2, 0) is 4.79 Å². The van der Waals surface area contributed by atoms with Gasteiger partial charge < -0.3 is 5.73 Å².